The zero-order valence-corrected chi connectivity index (χ0v) is 12.9. The lowest BCUT2D eigenvalue weighted by atomic mass is 10.1. The third-order valence-electron chi connectivity index (χ3n) is 3.18. The molecule has 122 valence electrons. The Morgan fingerprint density at radius 1 is 1.27 bits per heavy atom. The molecule has 1 aromatic heterocycles. The molecule has 1 amide bonds. The molecule has 0 saturated carbocycles. The van der Waals surface area contributed by atoms with E-state index < -0.39 is 4.92 Å². The van der Waals surface area contributed by atoms with Gasteiger partial charge in [0.15, 0.2) is 5.76 Å². The smallest absolute Gasteiger partial charge is 0.400 e. The van der Waals surface area contributed by atoms with Crippen LogP contribution in [-0.4, -0.2) is 17.0 Å². The fourth-order valence-corrected chi connectivity index (χ4v) is 1.98. The lowest BCUT2D eigenvalue weighted by Crippen LogP contribution is -2.16. The molecule has 1 heterocycles. The fourth-order valence-electron chi connectivity index (χ4n) is 1.98. The number of carbonyl (C=O) groups is 1. The average Bonchev–Trinajstić information content (AvgIpc) is 2.95. The molecule has 7 heteroatoms. The number of nitrogens with one attached hydrogen (secondary N) is 1. The van der Waals surface area contributed by atoms with Crippen LogP contribution in [0.1, 0.15) is 64.1 Å². The van der Waals surface area contributed by atoms with E-state index in [0.29, 0.717) is 6.42 Å². The molecule has 22 heavy (non-hydrogen) atoms. The topological polar surface area (TPSA) is 97.7 Å². The highest BCUT2D eigenvalue weighted by atomic mass is 16.6. The summed E-state index contributed by atoms with van der Waals surface area (Å²) in [5, 5.41) is 14.1. The predicted octanol–water partition coefficient (Wildman–Crippen LogP) is 3.78. The van der Waals surface area contributed by atoms with Gasteiger partial charge in [-0.3, -0.25) is 14.9 Å². The molecule has 1 rings (SSSR count). The maximum absolute atomic E-state index is 11.5. The Kier molecular flexibility index (Phi) is 8.56. The van der Waals surface area contributed by atoms with Gasteiger partial charge in [-0.15, -0.1) is 0 Å². The number of furan rings is 1. The van der Waals surface area contributed by atoms with Crippen molar-refractivity contribution >= 4 is 18.0 Å². The standard InChI is InChI=1S/C15H23N3O4/c1-2-3-4-5-6-7-8-9-14(19)17-16-12-13-10-11-15(22-13)18(20)21/h10-12H,2-9H2,1H3,(H,17,19)/b16-12+. The van der Waals surface area contributed by atoms with Gasteiger partial charge in [0.1, 0.15) is 4.92 Å². The second-order valence-corrected chi connectivity index (χ2v) is 5.10. The quantitative estimate of drug-likeness (QED) is 0.291. The summed E-state index contributed by atoms with van der Waals surface area (Å²) < 4.78 is 4.87. The van der Waals surface area contributed by atoms with Gasteiger partial charge in [-0.05, 0) is 12.5 Å². The Bertz CT molecular complexity index is 497. The molecule has 0 aliphatic heterocycles. The maximum Gasteiger partial charge on any atom is 0.433 e. The van der Waals surface area contributed by atoms with E-state index in [1.807, 2.05) is 0 Å². The maximum atomic E-state index is 11.5. The molecule has 0 unspecified atom stereocenters. The molecule has 1 aromatic rings. The average molecular weight is 309 g/mol. The minimum Gasteiger partial charge on any atom is -0.400 e. The van der Waals surface area contributed by atoms with Crippen LogP contribution < -0.4 is 5.43 Å². The van der Waals surface area contributed by atoms with Gasteiger partial charge in [0.25, 0.3) is 0 Å². The van der Waals surface area contributed by atoms with Gasteiger partial charge in [0.05, 0.1) is 12.3 Å². The molecule has 0 fully saturated rings. The Labute approximate surface area is 129 Å². The first-order chi connectivity index (χ1) is 10.6. The monoisotopic (exact) mass is 309 g/mol. The summed E-state index contributed by atoms with van der Waals surface area (Å²) in [5.74, 6) is -0.287. The molecular weight excluding hydrogens is 286 g/mol. The van der Waals surface area contributed by atoms with Crippen LogP contribution in [0.2, 0.25) is 0 Å². The van der Waals surface area contributed by atoms with Crippen molar-refractivity contribution in [1.29, 1.82) is 0 Å². The Hall–Kier alpha value is -2.18. The fraction of sp³-hybridized carbons (Fsp3) is 0.600. The van der Waals surface area contributed by atoms with Gasteiger partial charge in [0, 0.05) is 6.42 Å². The number of nitro groups is 1. The van der Waals surface area contributed by atoms with E-state index in [2.05, 4.69) is 17.5 Å². The van der Waals surface area contributed by atoms with E-state index >= 15 is 0 Å². The summed E-state index contributed by atoms with van der Waals surface area (Å²) in [4.78, 5) is 21.3. The van der Waals surface area contributed by atoms with Crippen molar-refractivity contribution in [3.8, 4) is 0 Å². The van der Waals surface area contributed by atoms with E-state index in [1.54, 1.807) is 0 Å². The van der Waals surface area contributed by atoms with Crippen molar-refractivity contribution in [3.63, 3.8) is 0 Å². The van der Waals surface area contributed by atoms with Gasteiger partial charge in [-0.1, -0.05) is 45.4 Å². The largest absolute Gasteiger partial charge is 0.433 e. The molecule has 0 atom stereocenters. The Morgan fingerprint density at radius 3 is 2.59 bits per heavy atom. The Morgan fingerprint density at radius 2 is 1.95 bits per heavy atom. The van der Waals surface area contributed by atoms with Crippen molar-refractivity contribution < 1.29 is 14.1 Å². The van der Waals surface area contributed by atoms with E-state index in [4.69, 9.17) is 4.42 Å². The van der Waals surface area contributed by atoms with Gasteiger partial charge in [0.2, 0.25) is 5.91 Å². The third kappa shape index (κ3) is 7.56. The van der Waals surface area contributed by atoms with Crippen LogP contribution in [0.15, 0.2) is 21.7 Å². The number of hydrazone groups is 1. The highest BCUT2D eigenvalue weighted by molar-refractivity contribution is 5.80. The number of unbranched alkanes of at least 4 members (excludes halogenated alkanes) is 6. The molecule has 0 aliphatic carbocycles. The van der Waals surface area contributed by atoms with E-state index in [0.717, 1.165) is 19.3 Å². The Balaban J connectivity index is 2.12. The van der Waals surface area contributed by atoms with Gasteiger partial charge in [-0.2, -0.15) is 5.10 Å². The summed E-state index contributed by atoms with van der Waals surface area (Å²) in [6, 6.07) is 2.66. The van der Waals surface area contributed by atoms with E-state index in [1.165, 1.54) is 44.0 Å². The van der Waals surface area contributed by atoms with Crippen LogP contribution in [0, 0.1) is 10.1 Å². The minimum absolute atomic E-state index is 0.161. The SMILES string of the molecule is CCCCCCCCCC(=O)N/N=C/c1ccc([N+](=O)[O-])o1. The summed E-state index contributed by atoms with van der Waals surface area (Å²) in [6.07, 6.45) is 9.74. The molecule has 0 bridgehead atoms. The molecule has 7 nitrogen and oxygen atoms in total. The van der Waals surface area contributed by atoms with Crippen LogP contribution in [0.25, 0.3) is 0 Å². The lowest BCUT2D eigenvalue weighted by Gasteiger charge is -2.01. The number of amides is 1. The van der Waals surface area contributed by atoms with Crippen molar-refractivity contribution in [2.75, 3.05) is 0 Å². The van der Waals surface area contributed by atoms with Crippen molar-refractivity contribution in [2.24, 2.45) is 5.10 Å². The number of rotatable bonds is 11. The summed E-state index contributed by atoms with van der Waals surface area (Å²) >= 11 is 0. The lowest BCUT2D eigenvalue weighted by molar-refractivity contribution is -0.402. The molecule has 1 N–H and O–H groups in total. The highest BCUT2D eigenvalue weighted by Crippen LogP contribution is 2.13. The van der Waals surface area contributed by atoms with Gasteiger partial charge < -0.3 is 4.42 Å². The number of carbonyl (C=O) groups excluding carboxylic acids is 1. The molecule has 0 saturated heterocycles. The van der Waals surface area contributed by atoms with Crippen molar-refractivity contribution in [3.05, 3.63) is 28.0 Å². The van der Waals surface area contributed by atoms with Crippen molar-refractivity contribution in [2.45, 2.75) is 58.3 Å². The predicted molar refractivity (Wildman–Crippen MR) is 83.7 cm³/mol. The number of nitrogens with zero attached hydrogens (tertiary/aromatic N) is 2. The zero-order valence-electron chi connectivity index (χ0n) is 12.9. The highest BCUT2D eigenvalue weighted by Gasteiger charge is 2.10. The second kappa shape index (κ2) is 10.5. The molecule has 0 aromatic carbocycles. The first-order valence-corrected chi connectivity index (χ1v) is 7.69. The number of hydrogen-bond donors (Lipinski definition) is 1. The molecule has 0 aliphatic rings. The summed E-state index contributed by atoms with van der Waals surface area (Å²) in [5.41, 5.74) is 2.38. The summed E-state index contributed by atoms with van der Waals surface area (Å²) in [6.45, 7) is 2.19. The minimum atomic E-state index is -0.629. The normalized spacial score (nSPS) is 11.0. The zero-order chi connectivity index (χ0) is 16.2. The van der Waals surface area contributed by atoms with Crippen LogP contribution in [-0.2, 0) is 4.79 Å². The van der Waals surface area contributed by atoms with Crippen molar-refractivity contribution in [1.82, 2.24) is 5.43 Å². The van der Waals surface area contributed by atoms with E-state index in [-0.39, 0.29) is 17.6 Å². The molecule has 0 spiro atoms. The van der Waals surface area contributed by atoms with Crippen LogP contribution in [0.3, 0.4) is 0 Å². The first-order valence-electron chi connectivity index (χ1n) is 7.69. The summed E-state index contributed by atoms with van der Waals surface area (Å²) in [7, 11) is 0. The first kappa shape index (κ1) is 17.9. The third-order valence-corrected chi connectivity index (χ3v) is 3.18. The van der Waals surface area contributed by atoms with Crippen LogP contribution in [0.5, 0.6) is 0 Å². The molecule has 0 radical (unpaired) electrons. The van der Waals surface area contributed by atoms with Crippen LogP contribution in [0.4, 0.5) is 5.88 Å². The second-order valence-electron chi connectivity index (χ2n) is 5.10. The van der Waals surface area contributed by atoms with Gasteiger partial charge >= 0.3 is 5.88 Å². The van der Waals surface area contributed by atoms with Gasteiger partial charge in [-0.25, -0.2) is 5.43 Å². The van der Waals surface area contributed by atoms with Crippen LogP contribution >= 0.6 is 0 Å². The van der Waals surface area contributed by atoms with E-state index in [9.17, 15) is 14.9 Å². The molecular formula is C15H23N3O4. The number of hydrogen-bond acceptors (Lipinski definition) is 5.